The smallest absolute Gasteiger partial charge is 0.321 e. The van der Waals surface area contributed by atoms with Crippen molar-refractivity contribution in [1.82, 2.24) is 0 Å². The zero-order valence-electron chi connectivity index (χ0n) is 4.79. The topological polar surface area (TPSA) is 67.8 Å². The fraction of sp³-hybridized carbons (Fsp3) is 0.750. The molecule has 0 aliphatic rings. The van der Waals surface area contributed by atoms with Crippen LogP contribution in [0.1, 0.15) is 13.3 Å². The summed E-state index contributed by atoms with van der Waals surface area (Å²) in [7, 11) is 0. The number of amidine groups is 1. The summed E-state index contributed by atoms with van der Waals surface area (Å²) in [5.74, 6) is 0. The highest BCUT2D eigenvalue weighted by Crippen LogP contribution is 1.77. The molecule has 0 unspecified atom stereocenters. The van der Waals surface area contributed by atoms with E-state index < -0.39 is 0 Å². The second-order valence-electron chi connectivity index (χ2n) is 1.29. The molecule has 0 aromatic rings. The Bertz CT molecular complexity index is 82.1. The maximum absolute atomic E-state index is 7.90. The van der Waals surface area contributed by atoms with Crippen LogP contribution >= 0.6 is 0 Å². The van der Waals surface area contributed by atoms with Gasteiger partial charge in [0.15, 0.2) is 0 Å². The van der Waals surface area contributed by atoms with Crippen molar-refractivity contribution < 1.29 is 9.94 Å². The van der Waals surface area contributed by atoms with E-state index in [-0.39, 0.29) is 6.02 Å². The van der Waals surface area contributed by atoms with E-state index >= 15 is 0 Å². The van der Waals surface area contributed by atoms with E-state index in [1.165, 1.54) is 0 Å². The molecule has 48 valence electrons. The molecule has 0 aromatic carbocycles. The molecule has 0 spiro atoms. The van der Waals surface area contributed by atoms with Gasteiger partial charge in [-0.1, -0.05) is 6.92 Å². The molecule has 8 heavy (non-hydrogen) atoms. The number of ether oxygens (including phenoxy) is 1. The molecule has 4 nitrogen and oxygen atoms in total. The summed E-state index contributed by atoms with van der Waals surface area (Å²) in [4.78, 5) is 0. The lowest BCUT2D eigenvalue weighted by atomic mass is 10.5. The van der Waals surface area contributed by atoms with Crippen molar-refractivity contribution in [2.75, 3.05) is 6.61 Å². The second-order valence-corrected chi connectivity index (χ2v) is 1.29. The predicted molar refractivity (Wildman–Crippen MR) is 29.7 cm³/mol. The monoisotopic (exact) mass is 118 g/mol. The zero-order valence-corrected chi connectivity index (χ0v) is 4.79. The Hall–Kier alpha value is -0.930. The number of hydrogen-bond donors (Lipinski definition) is 2. The summed E-state index contributed by atoms with van der Waals surface area (Å²) < 4.78 is 4.62. The van der Waals surface area contributed by atoms with Gasteiger partial charge in [-0.25, -0.2) is 0 Å². The third-order valence-electron chi connectivity index (χ3n) is 0.553. The van der Waals surface area contributed by atoms with Crippen molar-refractivity contribution in [3.8, 4) is 0 Å². The number of nitrogens with zero attached hydrogens (tertiary/aromatic N) is 1. The Morgan fingerprint density at radius 1 is 1.88 bits per heavy atom. The molecular weight excluding hydrogens is 108 g/mol. The van der Waals surface area contributed by atoms with Gasteiger partial charge in [0.1, 0.15) is 0 Å². The molecule has 0 fully saturated rings. The molecule has 0 bridgehead atoms. The zero-order chi connectivity index (χ0) is 6.41. The van der Waals surface area contributed by atoms with Gasteiger partial charge in [-0.05, 0) is 11.6 Å². The van der Waals surface area contributed by atoms with E-state index in [1.54, 1.807) is 0 Å². The Labute approximate surface area is 47.9 Å². The molecular formula is C4H10N2O2. The highest BCUT2D eigenvalue weighted by molar-refractivity contribution is 5.70. The van der Waals surface area contributed by atoms with Crippen LogP contribution in [-0.4, -0.2) is 17.8 Å². The van der Waals surface area contributed by atoms with Gasteiger partial charge in [-0.2, -0.15) is 0 Å². The maximum Gasteiger partial charge on any atom is 0.321 e. The van der Waals surface area contributed by atoms with E-state index in [4.69, 9.17) is 10.9 Å². The quantitative estimate of drug-likeness (QED) is 0.234. The third kappa shape index (κ3) is 3.27. The first-order valence-corrected chi connectivity index (χ1v) is 2.41. The summed E-state index contributed by atoms with van der Waals surface area (Å²) in [6.45, 7) is 2.43. The number of rotatable bonds is 2. The Morgan fingerprint density at radius 3 is 2.88 bits per heavy atom. The molecule has 0 amide bonds. The molecule has 4 heteroatoms. The Balaban J connectivity index is 3.12. The highest BCUT2D eigenvalue weighted by Gasteiger charge is 1.86. The lowest BCUT2D eigenvalue weighted by Gasteiger charge is -1.97. The SMILES string of the molecule is CCCO/C(N)=N/O. The summed E-state index contributed by atoms with van der Waals surface area (Å²) >= 11 is 0. The predicted octanol–water partition coefficient (Wildman–Crippen LogP) is 0.117. The molecule has 0 aliphatic carbocycles. The minimum absolute atomic E-state index is 0.174. The lowest BCUT2D eigenvalue weighted by molar-refractivity contribution is 0.251. The van der Waals surface area contributed by atoms with Gasteiger partial charge in [-0.3, -0.25) is 0 Å². The van der Waals surface area contributed by atoms with E-state index in [9.17, 15) is 0 Å². The van der Waals surface area contributed by atoms with Crippen LogP contribution in [0.5, 0.6) is 0 Å². The molecule has 0 saturated carbocycles. The number of oxime groups is 1. The summed E-state index contributed by atoms with van der Waals surface area (Å²) in [5, 5.41) is 10.5. The van der Waals surface area contributed by atoms with Crippen molar-refractivity contribution in [1.29, 1.82) is 0 Å². The van der Waals surface area contributed by atoms with Crippen LogP contribution in [0, 0.1) is 0 Å². The summed E-state index contributed by atoms with van der Waals surface area (Å²) in [6, 6.07) is -0.174. The first kappa shape index (κ1) is 7.07. The minimum Gasteiger partial charge on any atom is -0.463 e. The van der Waals surface area contributed by atoms with Crippen LogP contribution in [0.3, 0.4) is 0 Å². The van der Waals surface area contributed by atoms with E-state index in [1.807, 2.05) is 6.92 Å². The van der Waals surface area contributed by atoms with Crippen LogP contribution in [0.4, 0.5) is 0 Å². The van der Waals surface area contributed by atoms with Gasteiger partial charge < -0.3 is 15.7 Å². The third-order valence-corrected chi connectivity index (χ3v) is 0.553. The summed E-state index contributed by atoms with van der Waals surface area (Å²) in [5.41, 5.74) is 4.94. The molecule has 3 N–H and O–H groups in total. The van der Waals surface area contributed by atoms with E-state index in [2.05, 4.69) is 9.89 Å². The van der Waals surface area contributed by atoms with Crippen LogP contribution < -0.4 is 5.73 Å². The normalized spacial score (nSPS) is 11.4. The average molecular weight is 118 g/mol. The van der Waals surface area contributed by atoms with Gasteiger partial charge in [0, 0.05) is 0 Å². The first-order valence-electron chi connectivity index (χ1n) is 2.41. The van der Waals surface area contributed by atoms with Crippen molar-refractivity contribution in [2.45, 2.75) is 13.3 Å². The molecule has 0 aliphatic heterocycles. The van der Waals surface area contributed by atoms with Crippen molar-refractivity contribution in [2.24, 2.45) is 10.9 Å². The maximum atomic E-state index is 7.90. The van der Waals surface area contributed by atoms with Gasteiger partial charge in [0.25, 0.3) is 0 Å². The fourth-order valence-electron chi connectivity index (χ4n) is 0.235. The molecule has 0 atom stereocenters. The molecule has 0 saturated heterocycles. The van der Waals surface area contributed by atoms with Crippen molar-refractivity contribution in [3.05, 3.63) is 0 Å². The molecule has 0 heterocycles. The van der Waals surface area contributed by atoms with E-state index in [0.717, 1.165) is 6.42 Å². The van der Waals surface area contributed by atoms with Crippen LogP contribution in [0.15, 0.2) is 5.16 Å². The Kier molecular flexibility index (Phi) is 3.74. The fourth-order valence-corrected chi connectivity index (χ4v) is 0.235. The first-order chi connectivity index (χ1) is 3.81. The molecule has 0 aromatic heterocycles. The number of hydrogen-bond acceptors (Lipinski definition) is 3. The van der Waals surface area contributed by atoms with Crippen molar-refractivity contribution >= 4 is 6.02 Å². The average Bonchev–Trinajstić information content (AvgIpc) is 1.83. The standard InChI is InChI=1S/C4H10N2O2/c1-2-3-8-4(5)6-7/h7H,2-3H2,1H3,(H2,5,6). The van der Waals surface area contributed by atoms with Gasteiger partial charge >= 0.3 is 6.02 Å². The van der Waals surface area contributed by atoms with Crippen LogP contribution in [-0.2, 0) is 4.74 Å². The lowest BCUT2D eigenvalue weighted by Crippen LogP contribution is -2.16. The van der Waals surface area contributed by atoms with Gasteiger partial charge in [-0.15, -0.1) is 0 Å². The van der Waals surface area contributed by atoms with Gasteiger partial charge in [0.05, 0.1) is 6.61 Å². The summed E-state index contributed by atoms with van der Waals surface area (Å²) in [6.07, 6.45) is 0.857. The number of nitrogens with two attached hydrogens (primary N) is 1. The van der Waals surface area contributed by atoms with Gasteiger partial charge in [0.2, 0.25) is 0 Å². The largest absolute Gasteiger partial charge is 0.463 e. The van der Waals surface area contributed by atoms with Crippen LogP contribution in [0.25, 0.3) is 0 Å². The minimum atomic E-state index is -0.174. The van der Waals surface area contributed by atoms with Crippen LogP contribution in [0.2, 0.25) is 0 Å². The highest BCUT2D eigenvalue weighted by atomic mass is 16.5. The van der Waals surface area contributed by atoms with Crippen molar-refractivity contribution in [3.63, 3.8) is 0 Å². The Morgan fingerprint density at radius 2 is 2.50 bits per heavy atom. The molecule has 0 rings (SSSR count). The second kappa shape index (κ2) is 4.23. The molecule has 0 radical (unpaired) electrons. The van der Waals surface area contributed by atoms with E-state index in [0.29, 0.717) is 6.61 Å².